The molecule has 26 heavy (non-hydrogen) atoms. The van der Waals surface area contributed by atoms with E-state index in [4.69, 9.17) is 18.9 Å². The maximum absolute atomic E-state index is 12.0. The van der Waals surface area contributed by atoms with Gasteiger partial charge < -0.3 is 18.9 Å². The zero-order chi connectivity index (χ0) is 20.0. The maximum atomic E-state index is 12.0. The van der Waals surface area contributed by atoms with Crippen LogP contribution in [0.1, 0.15) is 74.7 Å². The fourth-order valence-corrected chi connectivity index (χ4v) is 2.52. The van der Waals surface area contributed by atoms with Crippen LogP contribution in [-0.2, 0) is 23.7 Å². The van der Waals surface area contributed by atoms with Gasteiger partial charge in [0.15, 0.2) is 6.29 Å². The summed E-state index contributed by atoms with van der Waals surface area (Å²) in [5.74, 6) is -0.210. The second-order valence-electron chi connectivity index (χ2n) is 9.11. The Bertz CT molecular complexity index is 436. The minimum Gasteiger partial charge on any atom is -0.465 e. The fraction of sp³-hybridized carbons (Fsp3) is 0.952. The molecule has 1 rings (SSSR count). The fourth-order valence-electron chi connectivity index (χ4n) is 2.52. The van der Waals surface area contributed by atoms with Gasteiger partial charge in [-0.25, -0.2) is 0 Å². The highest BCUT2D eigenvalue weighted by Crippen LogP contribution is 2.36. The van der Waals surface area contributed by atoms with Gasteiger partial charge in [-0.05, 0) is 33.1 Å². The number of hydrogen-bond acceptors (Lipinski definition) is 5. The first-order chi connectivity index (χ1) is 12.0. The summed E-state index contributed by atoms with van der Waals surface area (Å²) >= 11 is 0. The lowest BCUT2D eigenvalue weighted by atomic mass is 9.85. The zero-order valence-electron chi connectivity index (χ0n) is 18.1. The van der Waals surface area contributed by atoms with Crippen molar-refractivity contribution >= 4 is 5.97 Å². The van der Waals surface area contributed by atoms with Gasteiger partial charge in [0.1, 0.15) is 6.61 Å². The lowest BCUT2D eigenvalue weighted by molar-refractivity contribution is -0.285. The molecule has 0 N–H and O–H groups in total. The summed E-state index contributed by atoms with van der Waals surface area (Å²) in [6.45, 7) is 18.5. The molecule has 1 aliphatic rings. The number of esters is 1. The summed E-state index contributed by atoms with van der Waals surface area (Å²) in [6.07, 6.45) is 2.26. The molecule has 5 heteroatoms. The van der Waals surface area contributed by atoms with Crippen molar-refractivity contribution in [1.82, 2.24) is 0 Å². The number of carbonyl (C=O) groups is 1. The van der Waals surface area contributed by atoms with Crippen LogP contribution in [0.4, 0.5) is 0 Å². The van der Waals surface area contributed by atoms with Gasteiger partial charge in [0.25, 0.3) is 0 Å². The maximum Gasteiger partial charge on any atom is 0.308 e. The molecule has 0 bridgehead atoms. The van der Waals surface area contributed by atoms with Crippen LogP contribution in [0.3, 0.4) is 0 Å². The average Bonchev–Trinajstić information content (AvgIpc) is 2.64. The Hall–Kier alpha value is -0.650. The van der Waals surface area contributed by atoms with E-state index in [0.717, 1.165) is 19.3 Å². The third-order valence-electron chi connectivity index (χ3n) is 5.69. The SMILES string of the molecule is CCC(C)C(=O)OCC1(CC)COC(C(C)(C)COC(C)(C)CC)OC1. The average molecular weight is 373 g/mol. The van der Waals surface area contributed by atoms with Crippen molar-refractivity contribution in [3.63, 3.8) is 0 Å². The van der Waals surface area contributed by atoms with Crippen LogP contribution < -0.4 is 0 Å². The standard InChI is InChI=1S/C21H40O5/c1-9-16(4)17(22)23-13-21(11-3)14-24-18(25-15-21)19(5,6)12-26-20(7,8)10-2/h16,18H,9-15H2,1-8H3. The summed E-state index contributed by atoms with van der Waals surface area (Å²) in [4.78, 5) is 12.0. The van der Waals surface area contributed by atoms with Crippen molar-refractivity contribution in [1.29, 1.82) is 0 Å². The van der Waals surface area contributed by atoms with E-state index in [9.17, 15) is 4.79 Å². The van der Waals surface area contributed by atoms with E-state index in [1.165, 1.54) is 0 Å². The monoisotopic (exact) mass is 372 g/mol. The van der Waals surface area contributed by atoms with E-state index in [1.807, 2.05) is 13.8 Å². The van der Waals surface area contributed by atoms with E-state index < -0.39 is 0 Å². The number of rotatable bonds is 10. The summed E-state index contributed by atoms with van der Waals surface area (Å²) in [5, 5.41) is 0. The highest BCUT2D eigenvalue weighted by molar-refractivity contribution is 5.71. The van der Waals surface area contributed by atoms with Gasteiger partial charge in [0.2, 0.25) is 0 Å². The minimum absolute atomic E-state index is 0.0694. The summed E-state index contributed by atoms with van der Waals surface area (Å²) in [7, 11) is 0. The molecule has 0 aromatic carbocycles. The van der Waals surface area contributed by atoms with E-state index in [-0.39, 0.29) is 34.6 Å². The van der Waals surface area contributed by atoms with Crippen LogP contribution >= 0.6 is 0 Å². The molecule has 0 radical (unpaired) electrons. The zero-order valence-corrected chi connectivity index (χ0v) is 18.1. The van der Waals surface area contributed by atoms with Gasteiger partial charge in [-0.3, -0.25) is 4.79 Å². The molecule has 0 spiro atoms. The molecular weight excluding hydrogens is 332 g/mol. The molecule has 1 unspecified atom stereocenters. The second kappa shape index (κ2) is 9.52. The first-order valence-electron chi connectivity index (χ1n) is 10.0. The predicted molar refractivity (Wildman–Crippen MR) is 103 cm³/mol. The van der Waals surface area contributed by atoms with Gasteiger partial charge in [-0.2, -0.15) is 0 Å². The molecular formula is C21H40O5. The van der Waals surface area contributed by atoms with E-state index in [0.29, 0.717) is 26.4 Å². The normalized spacial score (nSPS) is 25.8. The van der Waals surface area contributed by atoms with Gasteiger partial charge in [-0.1, -0.05) is 41.5 Å². The van der Waals surface area contributed by atoms with E-state index in [1.54, 1.807) is 0 Å². The predicted octanol–water partition coefficient (Wildman–Crippen LogP) is 4.58. The molecule has 5 nitrogen and oxygen atoms in total. The van der Waals surface area contributed by atoms with E-state index >= 15 is 0 Å². The summed E-state index contributed by atoms with van der Waals surface area (Å²) in [6, 6.07) is 0. The Labute approximate surface area is 160 Å². The quantitative estimate of drug-likeness (QED) is 0.526. The lowest BCUT2D eigenvalue weighted by Crippen LogP contribution is -2.51. The molecule has 0 aromatic heterocycles. The Morgan fingerprint density at radius 1 is 1.15 bits per heavy atom. The topological polar surface area (TPSA) is 54.0 Å². The van der Waals surface area contributed by atoms with Gasteiger partial charge in [-0.15, -0.1) is 0 Å². The van der Waals surface area contributed by atoms with Crippen molar-refractivity contribution in [2.24, 2.45) is 16.7 Å². The van der Waals surface area contributed by atoms with Gasteiger partial charge in [0, 0.05) is 5.41 Å². The van der Waals surface area contributed by atoms with Gasteiger partial charge >= 0.3 is 5.97 Å². The molecule has 154 valence electrons. The molecule has 1 heterocycles. The molecule has 1 fully saturated rings. The second-order valence-corrected chi connectivity index (χ2v) is 9.11. The Balaban J connectivity index is 2.58. The highest BCUT2D eigenvalue weighted by Gasteiger charge is 2.43. The van der Waals surface area contributed by atoms with Crippen LogP contribution in [0.15, 0.2) is 0 Å². The summed E-state index contributed by atoms with van der Waals surface area (Å²) < 4.78 is 23.7. The van der Waals surface area contributed by atoms with Crippen LogP contribution in [0.25, 0.3) is 0 Å². The van der Waals surface area contributed by atoms with Crippen molar-refractivity contribution in [3.8, 4) is 0 Å². The summed E-state index contributed by atoms with van der Waals surface area (Å²) in [5.41, 5.74) is -0.664. The molecule has 1 atom stereocenters. The van der Waals surface area contributed by atoms with Crippen molar-refractivity contribution in [2.45, 2.75) is 86.5 Å². The Kier molecular flexibility index (Phi) is 8.56. The molecule has 0 aliphatic carbocycles. The first-order valence-corrected chi connectivity index (χ1v) is 10.0. The Morgan fingerprint density at radius 2 is 1.73 bits per heavy atom. The minimum atomic E-state index is -0.319. The Morgan fingerprint density at radius 3 is 2.19 bits per heavy atom. The smallest absolute Gasteiger partial charge is 0.308 e. The van der Waals surface area contributed by atoms with Crippen molar-refractivity contribution in [3.05, 3.63) is 0 Å². The van der Waals surface area contributed by atoms with Crippen molar-refractivity contribution < 1.29 is 23.7 Å². The number of carbonyl (C=O) groups excluding carboxylic acids is 1. The highest BCUT2D eigenvalue weighted by atomic mass is 16.7. The number of ether oxygens (including phenoxy) is 4. The molecule has 0 saturated carbocycles. The van der Waals surface area contributed by atoms with E-state index in [2.05, 4.69) is 41.5 Å². The first kappa shape index (κ1) is 23.4. The molecule has 0 aromatic rings. The largest absolute Gasteiger partial charge is 0.465 e. The molecule has 0 amide bonds. The molecule has 1 saturated heterocycles. The van der Waals surface area contributed by atoms with Crippen LogP contribution in [0, 0.1) is 16.7 Å². The third kappa shape index (κ3) is 6.50. The lowest BCUT2D eigenvalue weighted by Gasteiger charge is -2.44. The van der Waals surface area contributed by atoms with Crippen LogP contribution in [0.5, 0.6) is 0 Å². The number of hydrogen-bond donors (Lipinski definition) is 0. The molecule has 1 aliphatic heterocycles. The van der Waals surface area contributed by atoms with Crippen LogP contribution in [0.2, 0.25) is 0 Å². The third-order valence-corrected chi connectivity index (χ3v) is 5.69. The van der Waals surface area contributed by atoms with Crippen molar-refractivity contribution in [2.75, 3.05) is 26.4 Å². The van der Waals surface area contributed by atoms with Gasteiger partial charge in [0.05, 0.1) is 36.8 Å². The van der Waals surface area contributed by atoms with Crippen LogP contribution in [-0.4, -0.2) is 44.3 Å².